The number of piperidine rings is 1. The van der Waals surface area contributed by atoms with E-state index in [1.807, 2.05) is 12.1 Å². The predicted molar refractivity (Wildman–Crippen MR) is 82.9 cm³/mol. The normalized spacial score (nSPS) is 16.4. The van der Waals surface area contributed by atoms with Gasteiger partial charge in [0, 0.05) is 24.9 Å². The lowest BCUT2D eigenvalue weighted by Gasteiger charge is -2.30. The number of benzene rings is 1. The molecular formula is C16H20ClN3O. The first-order valence-electron chi connectivity index (χ1n) is 7.28. The molecule has 1 saturated heterocycles. The molecule has 0 aliphatic carbocycles. The second-order valence-corrected chi connectivity index (χ2v) is 5.71. The molecule has 0 saturated carbocycles. The van der Waals surface area contributed by atoms with Crippen LogP contribution in [0.2, 0.25) is 0 Å². The minimum atomic E-state index is 0.106. The van der Waals surface area contributed by atoms with Crippen LogP contribution < -0.4 is 5.32 Å². The molecule has 2 rings (SSSR count). The summed E-state index contributed by atoms with van der Waals surface area (Å²) in [5, 5.41) is 11.7. The second-order valence-electron chi connectivity index (χ2n) is 5.33. The molecule has 1 aromatic carbocycles. The maximum atomic E-state index is 12.2. The van der Waals surface area contributed by atoms with Gasteiger partial charge in [0.1, 0.15) is 0 Å². The highest BCUT2D eigenvalue weighted by atomic mass is 35.5. The van der Waals surface area contributed by atoms with Crippen molar-refractivity contribution in [3.05, 3.63) is 35.4 Å². The molecule has 0 aromatic heterocycles. The topological polar surface area (TPSA) is 56.1 Å². The lowest BCUT2D eigenvalue weighted by molar-refractivity contribution is -0.126. The maximum absolute atomic E-state index is 12.2. The maximum Gasteiger partial charge on any atom is 0.223 e. The van der Waals surface area contributed by atoms with Crippen LogP contribution in [0.4, 0.5) is 0 Å². The number of nitrogens with zero attached hydrogens (tertiary/aromatic N) is 2. The van der Waals surface area contributed by atoms with Gasteiger partial charge in [-0.1, -0.05) is 12.1 Å². The Balaban J connectivity index is 1.76. The van der Waals surface area contributed by atoms with Crippen molar-refractivity contribution in [2.24, 2.45) is 5.92 Å². The SMILES string of the molecule is N#Cc1ccc(CNC(=O)C2CCN(CCCl)CC2)cc1. The predicted octanol–water partition coefficient (Wildman–Crippen LogP) is 2.13. The van der Waals surface area contributed by atoms with Crippen molar-refractivity contribution in [1.29, 1.82) is 5.26 Å². The van der Waals surface area contributed by atoms with E-state index in [1.165, 1.54) is 0 Å². The Morgan fingerprint density at radius 3 is 2.57 bits per heavy atom. The fraction of sp³-hybridized carbons (Fsp3) is 0.500. The molecule has 1 aromatic rings. The molecule has 1 fully saturated rings. The number of hydrogen-bond acceptors (Lipinski definition) is 3. The zero-order chi connectivity index (χ0) is 15.1. The number of rotatable bonds is 5. The van der Waals surface area contributed by atoms with E-state index >= 15 is 0 Å². The van der Waals surface area contributed by atoms with Crippen LogP contribution in [0, 0.1) is 17.2 Å². The summed E-state index contributed by atoms with van der Waals surface area (Å²) in [4.78, 5) is 14.5. The first kappa shape index (κ1) is 15.8. The Labute approximate surface area is 130 Å². The molecule has 1 aliphatic heterocycles. The van der Waals surface area contributed by atoms with E-state index in [1.54, 1.807) is 12.1 Å². The van der Waals surface area contributed by atoms with E-state index < -0.39 is 0 Å². The second kappa shape index (κ2) is 8.02. The monoisotopic (exact) mass is 305 g/mol. The van der Waals surface area contributed by atoms with Crippen LogP contribution in [0.1, 0.15) is 24.0 Å². The Hall–Kier alpha value is -1.57. The van der Waals surface area contributed by atoms with Gasteiger partial charge in [-0.05, 0) is 43.6 Å². The first-order valence-corrected chi connectivity index (χ1v) is 7.81. The number of amides is 1. The highest BCUT2D eigenvalue weighted by molar-refractivity contribution is 6.18. The molecule has 21 heavy (non-hydrogen) atoms. The van der Waals surface area contributed by atoms with Gasteiger partial charge < -0.3 is 10.2 Å². The van der Waals surface area contributed by atoms with Gasteiger partial charge in [0.2, 0.25) is 5.91 Å². The van der Waals surface area contributed by atoms with Gasteiger partial charge in [-0.25, -0.2) is 0 Å². The summed E-state index contributed by atoms with van der Waals surface area (Å²) in [6.07, 6.45) is 1.80. The van der Waals surface area contributed by atoms with Gasteiger partial charge >= 0.3 is 0 Å². The molecule has 4 nitrogen and oxygen atoms in total. The average molecular weight is 306 g/mol. The molecule has 1 heterocycles. The number of nitrogens with one attached hydrogen (secondary N) is 1. The molecule has 0 unspecified atom stereocenters. The minimum Gasteiger partial charge on any atom is -0.352 e. The lowest BCUT2D eigenvalue weighted by Crippen LogP contribution is -2.40. The summed E-state index contributed by atoms with van der Waals surface area (Å²) in [7, 11) is 0. The third kappa shape index (κ3) is 4.73. The summed E-state index contributed by atoms with van der Waals surface area (Å²) in [6.45, 7) is 3.32. The van der Waals surface area contributed by atoms with Crippen molar-refractivity contribution in [3.63, 3.8) is 0 Å². The van der Waals surface area contributed by atoms with Crippen LogP contribution in [-0.2, 0) is 11.3 Å². The van der Waals surface area contributed by atoms with E-state index in [-0.39, 0.29) is 11.8 Å². The zero-order valence-electron chi connectivity index (χ0n) is 12.0. The lowest BCUT2D eigenvalue weighted by atomic mass is 9.96. The summed E-state index contributed by atoms with van der Waals surface area (Å²) in [6, 6.07) is 9.38. The highest BCUT2D eigenvalue weighted by Crippen LogP contribution is 2.17. The number of halogens is 1. The van der Waals surface area contributed by atoms with E-state index in [9.17, 15) is 4.79 Å². The van der Waals surface area contributed by atoms with E-state index in [2.05, 4.69) is 16.3 Å². The Morgan fingerprint density at radius 2 is 2.00 bits per heavy atom. The van der Waals surface area contributed by atoms with Gasteiger partial charge in [-0.2, -0.15) is 5.26 Å². The molecule has 0 atom stereocenters. The summed E-state index contributed by atoms with van der Waals surface area (Å²) in [5.41, 5.74) is 1.65. The van der Waals surface area contributed by atoms with Crippen LogP contribution in [0.5, 0.6) is 0 Å². The fourth-order valence-electron chi connectivity index (χ4n) is 2.57. The van der Waals surface area contributed by atoms with Crippen molar-refractivity contribution < 1.29 is 4.79 Å². The van der Waals surface area contributed by atoms with E-state index in [0.29, 0.717) is 18.0 Å². The zero-order valence-corrected chi connectivity index (χ0v) is 12.8. The minimum absolute atomic E-state index is 0.106. The standard InChI is InChI=1S/C16H20ClN3O/c17-7-10-20-8-5-15(6-9-20)16(21)19-12-14-3-1-13(11-18)2-4-14/h1-4,15H,5-10,12H2,(H,19,21). The van der Waals surface area contributed by atoms with Crippen LogP contribution in [0.25, 0.3) is 0 Å². The summed E-state index contributed by atoms with van der Waals surface area (Å²) in [5.74, 6) is 0.884. The van der Waals surface area contributed by atoms with Crippen molar-refractivity contribution >= 4 is 17.5 Å². The molecule has 5 heteroatoms. The van der Waals surface area contributed by atoms with Crippen LogP contribution >= 0.6 is 11.6 Å². The van der Waals surface area contributed by atoms with Crippen molar-refractivity contribution in [3.8, 4) is 6.07 Å². The summed E-state index contributed by atoms with van der Waals surface area (Å²) >= 11 is 5.73. The molecule has 0 spiro atoms. The number of carbonyl (C=O) groups is 1. The quantitative estimate of drug-likeness (QED) is 0.848. The smallest absolute Gasteiger partial charge is 0.223 e. The molecule has 112 valence electrons. The number of hydrogen-bond donors (Lipinski definition) is 1. The number of carbonyl (C=O) groups excluding carboxylic acids is 1. The average Bonchev–Trinajstić information content (AvgIpc) is 2.54. The van der Waals surface area contributed by atoms with E-state index in [0.717, 1.165) is 38.0 Å². The number of nitriles is 1. The molecular weight excluding hydrogens is 286 g/mol. The van der Waals surface area contributed by atoms with E-state index in [4.69, 9.17) is 16.9 Å². The largest absolute Gasteiger partial charge is 0.352 e. The first-order chi connectivity index (χ1) is 10.2. The Bertz CT molecular complexity index is 501. The molecule has 0 radical (unpaired) electrons. The molecule has 1 N–H and O–H groups in total. The third-order valence-electron chi connectivity index (χ3n) is 3.91. The Morgan fingerprint density at radius 1 is 1.33 bits per heavy atom. The number of likely N-dealkylation sites (tertiary alicyclic amines) is 1. The van der Waals surface area contributed by atoms with Crippen LogP contribution in [0.3, 0.4) is 0 Å². The van der Waals surface area contributed by atoms with Gasteiger partial charge in [0.05, 0.1) is 11.6 Å². The van der Waals surface area contributed by atoms with Crippen molar-refractivity contribution in [2.75, 3.05) is 25.5 Å². The van der Waals surface area contributed by atoms with Gasteiger partial charge in [-0.3, -0.25) is 4.79 Å². The highest BCUT2D eigenvalue weighted by Gasteiger charge is 2.24. The van der Waals surface area contributed by atoms with Gasteiger partial charge in [0.15, 0.2) is 0 Å². The molecule has 1 amide bonds. The Kier molecular flexibility index (Phi) is 6.04. The van der Waals surface area contributed by atoms with Crippen LogP contribution in [0.15, 0.2) is 24.3 Å². The van der Waals surface area contributed by atoms with Crippen LogP contribution in [-0.4, -0.2) is 36.3 Å². The van der Waals surface area contributed by atoms with Gasteiger partial charge in [-0.15, -0.1) is 11.6 Å². The summed E-state index contributed by atoms with van der Waals surface area (Å²) < 4.78 is 0. The van der Waals surface area contributed by atoms with Crippen molar-refractivity contribution in [1.82, 2.24) is 10.2 Å². The number of alkyl halides is 1. The molecule has 1 aliphatic rings. The van der Waals surface area contributed by atoms with Crippen molar-refractivity contribution in [2.45, 2.75) is 19.4 Å². The molecule has 0 bridgehead atoms. The third-order valence-corrected chi connectivity index (χ3v) is 4.08. The van der Waals surface area contributed by atoms with Gasteiger partial charge in [0.25, 0.3) is 0 Å². The fourth-order valence-corrected chi connectivity index (χ4v) is 2.81.